The maximum atomic E-state index is 3.55. The van der Waals surface area contributed by atoms with Gasteiger partial charge >= 0.3 is 0 Å². The van der Waals surface area contributed by atoms with Crippen molar-refractivity contribution in [2.24, 2.45) is 0 Å². The standard InChI is InChI=1S/C16H19BrN2/c1-12-4-8-15(9-5-12)19(3)16-10-14(17)7-6-13(16)11-18-2/h4-10,18H,11H2,1-3H3. The molecule has 0 amide bonds. The minimum Gasteiger partial charge on any atom is -0.344 e. The third-order valence-electron chi connectivity index (χ3n) is 3.20. The molecule has 0 aliphatic rings. The topological polar surface area (TPSA) is 15.3 Å². The number of nitrogens with one attached hydrogen (secondary N) is 1. The zero-order chi connectivity index (χ0) is 13.8. The summed E-state index contributed by atoms with van der Waals surface area (Å²) < 4.78 is 1.10. The van der Waals surface area contributed by atoms with Crippen LogP contribution in [0.2, 0.25) is 0 Å². The highest BCUT2D eigenvalue weighted by Gasteiger charge is 2.09. The first-order valence-corrected chi connectivity index (χ1v) is 7.14. The Morgan fingerprint density at radius 2 is 1.79 bits per heavy atom. The maximum absolute atomic E-state index is 3.55. The van der Waals surface area contributed by atoms with Crippen LogP contribution in [0.3, 0.4) is 0 Å². The molecule has 0 aliphatic carbocycles. The van der Waals surface area contributed by atoms with E-state index in [1.165, 1.54) is 22.5 Å². The SMILES string of the molecule is CNCc1ccc(Br)cc1N(C)c1ccc(C)cc1. The number of anilines is 2. The second-order valence-corrected chi connectivity index (χ2v) is 5.61. The fourth-order valence-electron chi connectivity index (χ4n) is 2.10. The molecule has 3 heteroatoms. The highest BCUT2D eigenvalue weighted by molar-refractivity contribution is 9.10. The van der Waals surface area contributed by atoms with E-state index in [2.05, 4.69) is 82.6 Å². The fraction of sp³-hybridized carbons (Fsp3) is 0.250. The summed E-state index contributed by atoms with van der Waals surface area (Å²) in [6.45, 7) is 2.97. The van der Waals surface area contributed by atoms with Gasteiger partial charge in [-0.15, -0.1) is 0 Å². The molecule has 0 aromatic heterocycles. The Balaban J connectivity index is 2.39. The molecule has 0 radical (unpaired) electrons. The Bertz CT molecular complexity index is 549. The Hall–Kier alpha value is -1.32. The zero-order valence-corrected chi connectivity index (χ0v) is 13.2. The summed E-state index contributed by atoms with van der Waals surface area (Å²) in [5.74, 6) is 0. The van der Waals surface area contributed by atoms with E-state index in [0.29, 0.717) is 0 Å². The lowest BCUT2D eigenvalue weighted by molar-refractivity contribution is 0.816. The van der Waals surface area contributed by atoms with Gasteiger partial charge in [0.2, 0.25) is 0 Å². The monoisotopic (exact) mass is 318 g/mol. The first-order chi connectivity index (χ1) is 9.11. The van der Waals surface area contributed by atoms with Gasteiger partial charge in [-0.05, 0) is 43.8 Å². The van der Waals surface area contributed by atoms with Crippen LogP contribution in [0.1, 0.15) is 11.1 Å². The largest absolute Gasteiger partial charge is 0.344 e. The van der Waals surface area contributed by atoms with Gasteiger partial charge in [-0.25, -0.2) is 0 Å². The molecule has 19 heavy (non-hydrogen) atoms. The molecule has 0 unspecified atom stereocenters. The molecule has 0 aliphatic heterocycles. The van der Waals surface area contributed by atoms with E-state index in [1.54, 1.807) is 0 Å². The summed E-state index contributed by atoms with van der Waals surface area (Å²) in [6, 6.07) is 15.0. The number of halogens is 1. The minimum atomic E-state index is 0.860. The summed E-state index contributed by atoms with van der Waals surface area (Å²) in [4.78, 5) is 2.22. The Kier molecular flexibility index (Phi) is 4.61. The molecule has 2 rings (SSSR count). The summed E-state index contributed by atoms with van der Waals surface area (Å²) in [6.07, 6.45) is 0. The molecule has 0 atom stereocenters. The number of rotatable bonds is 4. The van der Waals surface area contributed by atoms with Crippen molar-refractivity contribution < 1.29 is 0 Å². The van der Waals surface area contributed by atoms with E-state index >= 15 is 0 Å². The third-order valence-corrected chi connectivity index (χ3v) is 3.69. The third kappa shape index (κ3) is 3.37. The second-order valence-electron chi connectivity index (χ2n) is 4.70. The van der Waals surface area contributed by atoms with Gasteiger partial charge in [0.25, 0.3) is 0 Å². The predicted molar refractivity (Wildman–Crippen MR) is 86.1 cm³/mol. The van der Waals surface area contributed by atoms with Crippen LogP contribution in [-0.2, 0) is 6.54 Å². The lowest BCUT2D eigenvalue weighted by Crippen LogP contribution is -2.15. The van der Waals surface area contributed by atoms with Gasteiger partial charge in [0.15, 0.2) is 0 Å². The molecule has 2 nitrogen and oxygen atoms in total. The van der Waals surface area contributed by atoms with Crippen LogP contribution in [0, 0.1) is 6.92 Å². The molecule has 1 N–H and O–H groups in total. The maximum Gasteiger partial charge on any atom is 0.0465 e. The van der Waals surface area contributed by atoms with Crippen LogP contribution in [0.25, 0.3) is 0 Å². The molecule has 0 saturated heterocycles. The van der Waals surface area contributed by atoms with Crippen molar-refractivity contribution in [2.75, 3.05) is 19.0 Å². The zero-order valence-electron chi connectivity index (χ0n) is 11.6. The van der Waals surface area contributed by atoms with E-state index in [9.17, 15) is 0 Å². The molecule has 2 aromatic rings. The first kappa shape index (κ1) is 14.1. The summed E-state index contributed by atoms with van der Waals surface area (Å²) in [5.41, 5.74) is 4.98. The van der Waals surface area contributed by atoms with Crippen molar-refractivity contribution in [1.82, 2.24) is 5.32 Å². The molecular formula is C16H19BrN2. The van der Waals surface area contributed by atoms with Gasteiger partial charge in [0, 0.05) is 29.4 Å². The average molecular weight is 319 g/mol. The van der Waals surface area contributed by atoms with E-state index in [-0.39, 0.29) is 0 Å². The molecule has 100 valence electrons. The number of aryl methyl sites for hydroxylation is 1. The van der Waals surface area contributed by atoms with Crippen molar-refractivity contribution in [3.05, 3.63) is 58.1 Å². The Labute approximate surface area is 123 Å². The summed E-state index contributed by atoms with van der Waals surface area (Å²) in [5, 5.41) is 3.22. The van der Waals surface area contributed by atoms with E-state index in [0.717, 1.165) is 11.0 Å². The van der Waals surface area contributed by atoms with Gasteiger partial charge in [-0.2, -0.15) is 0 Å². The summed E-state index contributed by atoms with van der Waals surface area (Å²) >= 11 is 3.55. The lowest BCUT2D eigenvalue weighted by Gasteiger charge is -2.23. The number of hydrogen-bond acceptors (Lipinski definition) is 2. The Morgan fingerprint density at radius 1 is 1.11 bits per heavy atom. The number of hydrogen-bond donors (Lipinski definition) is 1. The molecule has 2 aromatic carbocycles. The molecule has 0 heterocycles. The van der Waals surface area contributed by atoms with Crippen molar-refractivity contribution >= 4 is 27.3 Å². The second kappa shape index (κ2) is 6.22. The van der Waals surface area contributed by atoms with Crippen molar-refractivity contribution in [1.29, 1.82) is 0 Å². The highest BCUT2D eigenvalue weighted by atomic mass is 79.9. The van der Waals surface area contributed by atoms with Crippen LogP contribution >= 0.6 is 15.9 Å². The van der Waals surface area contributed by atoms with Crippen LogP contribution in [0.15, 0.2) is 46.9 Å². The van der Waals surface area contributed by atoms with Crippen LogP contribution in [0.5, 0.6) is 0 Å². The molecule has 0 spiro atoms. The lowest BCUT2D eigenvalue weighted by atomic mass is 10.1. The van der Waals surface area contributed by atoms with Gasteiger partial charge in [-0.1, -0.05) is 39.7 Å². The van der Waals surface area contributed by atoms with E-state index in [1.807, 2.05) is 7.05 Å². The Morgan fingerprint density at radius 3 is 2.42 bits per heavy atom. The van der Waals surface area contributed by atoms with Crippen molar-refractivity contribution in [2.45, 2.75) is 13.5 Å². The van der Waals surface area contributed by atoms with Crippen LogP contribution in [0.4, 0.5) is 11.4 Å². The molecule has 0 fully saturated rings. The average Bonchev–Trinajstić information content (AvgIpc) is 2.41. The smallest absolute Gasteiger partial charge is 0.0465 e. The first-order valence-electron chi connectivity index (χ1n) is 6.35. The fourth-order valence-corrected chi connectivity index (χ4v) is 2.45. The van der Waals surface area contributed by atoms with Crippen LogP contribution in [-0.4, -0.2) is 14.1 Å². The van der Waals surface area contributed by atoms with Gasteiger partial charge in [0.05, 0.1) is 0 Å². The molecule has 0 bridgehead atoms. The number of nitrogens with zero attached hydrogens (tertiary/aromatic N) is 1. The minimum absolute atomic E-state index is 0.860. The van der Waals surface area contributed by atoms with Gasteiger partial charge in [-0.3, -0.25) is 0 Å². The summed E-state index contributed by atoms with van der Waals surface area (Å²) in [7, 11) is 4.07. The highest BCUT2D eigenvalue weighted by Crippen LogP contribution is 2.30. The number of benzene rings is 2. The molecular weight excluding hydrogens is 300 g/mol. The van der Waals surface area contributed by atoms with Gasteiger partial charge < -0.3 is 10.2 Å². The normalized spacial score (nSPS) is 10.5. The van der Waals surface area contributed by atoms with Crippen molar-refractivity contribution in [3.8, 4) is 0 Å². The van der Waals surface area contributed by atoms with Crippen molar-refractivity contribution in [3.63, 3.8) is 0 Å². The van der Waals surface area contributed by atoms with E-state index < -0.39 is 0 Å². The van der Waals surface area contributed by atoms with Gasteiger partial charge in [0.1, 0.15) is 0 Å². The predicted octanol–water partition coefficient (Wildman–Crippen LogP) is 4.24. The van der Waals surface area contributed by atoms with E-state index in [4.69, 9.17) is 0 Å². The quantitative estimate of drug-likeness (QED) is 0.906. The van der Waals surface area contributed by atoms with Crippen LogP contribution < -0.4 is 10.2 Å². The molecule has 0 saturated carbocycles.